The topological polar surface area (TPSA) is 90.6 Å². The minimum Gasteiger partial charge on any atom is -0.390 e. The quantitative estimate of drug-likeness (QED) is 0.298. The van der Waals surface area contributed by atoms with Gasteiger partial charge in [-0.05, 0) is 24.5 Å². The minimum atomic E-state index is -0.464. The molecule has 0 fully saturated rings. The van der Waals surface area contributed by atoms with E-state index in [1.54, 1.807) is 4.68 Å². The van der Waals surface area contributed by atoms with E-state index in [0.29, 0.717) is 25.6 Å². The van der Waals surface area contributed by atoms with Crippen molar-refractivity contribution in [2.24, 2.45) is 12.0 Å². The smallest absolute Gasteiger partial charge is 0.191 e. The van der Waals surface area contributed by atoms with E-state index in [0.717, 1.165) is 31.9 Å². The molecule has 1 atom stereocenters. The minimum absolute atomic E-state index is 0. The van der Waals surface area contributed by atoms with Crippen molar-refractivity contribution in [1.82, 2.24) is 30.3 Å². The van der Waals surface area contributed by atoms with Gasteiger partial charge in [-0.3, -0.25) is 9.58 Å². The molecule has 1 aliphatic rings. The second-order valence-corrected chi connectivity index (χ2v) is 6.78. The summed E-state index contributed by atoms with van der Waals surface area (Å²) in [6, 6.07) is 8.54. The highest BCUT2D eigenvalue weighted by atomic mass is 127. The first kappa shape index (κ1) is 22.6. The largest absolute Gasteiger partial charge is 0.390 e. The molecule has 2 aromatic rings. The Morgan fingerprint density at radius 1 is 1.29 bits per heavy atom. The van der Waals surface area contributed by atoms with E-state index in [1.807, 2.05) is 14.0 Å². The molecule has 28 heavy (non-hydrogen) atoms. The number of hydrogen-bond acceptors (Lipinski definition) is 5. The summed E-state index contributed by atoms with van der Waals surface area (Å²) in [5, 5.41) is 20.9. The molecular weight excluding hydrogens is 469 g/mol. The Bertz CT molecular complexity index is 764. The van der Waals surface area contributed by atoms with Gasteiger partial charge in [0.05, 0.1) is 6.10 Å². The zero-order valence-corrected chi connectivity index (χ0v) is 18.8. The molecule has 0 amide bonds. The molecule has 1 aromatic carbocycles. The van der Waals surface area contributed by atoms with Gasteiger partial charge in [-0.1, -0.05) is 24.3 Å². The van der Waals surface area contributed by atoms with Crippen molar-refractivity contribution < 1.29 is 5.11 Å². The lowest BCUT2D eigenvalue weighted by Gasteiger charge is -2.30. The molecule has 0 aliphatic carbocycles. The monoisotopic (exact) mass is 499 g/mol. The molecule has 0 spiro atoms. The number of aliphatic hydroxyl groups excluding tert-OH is 1. The van der Waals surface area contributed by atoms with E-state index in [1.165, 1.54) is 17.5 Å². The van der Waals surface area contributed by atoms with Crippen molar-refractivity contribution in [3.63, 3.8) is 0 Å². The van der Waals surface area contributed by atoms with Gasteiger partial charge in [0.25, 0.3) is 0 Å². The molecule has 1 unspecified atom stereocenters. The standard InChI is InChI=1S/C19H29N7O.HI/c1-3-20-19(22-11-18-23-14-24-25(18)2)21-10-17(27)13-26-9-8-15-6-4-5-7-16(15)12-26;/h4-7,14,17,27H,3,8-13H2,1-2H3,(H2,20,21,22);1H. The molecule has 1 aromatic heterocycles. The Labute approximate surface area is 183 Å². The highest BCUT2D eigenvalue weighted by Gasteiger charge is 2.18. The summed E-state index contributed by atoms with van der Waals surface area (Å²) in [5.41, 5.74) is 2.79. The van der Waals surface area contributed by atoms with Crippen LogP contribution >= 0.6 is 24.0 Å². The van der Waals surface area contributed by atoms with Gasteiger partial charge in [0, 0.05) is 39.8 Å². The van der Waals surface area contributed by atoms with Gasteiger partial charge in [0.1, 0.15) is 18.7 Å². The van der Waals surface area contributed by atoms with E-state index in [4.69, 9.17) is 0 Å². The van der Waals surface area contributed by atoms with Crippen molar-refractivity contribution >= 4 is 29.9 Å². The average Bonchev–Trinajstić information content (AvgIpc) is 3.09. The maximum Gasteiger partial charge on any atom is 0.191 e. The van der Waals surface area contributed by atoms with E-state index in [9.17, 15) is 5.11 Å². The van der Waals surface area contributed by atoms with E-state index in [2.05, 4.69) is 54.9 Å². The van der Waals surface area contributed by atoms with Crippen molar-refractivity contribution in [3.8, 4) is 0 Å². The van der Waals surface area contributed by atoms with Crippen LogP contribution in [0.3, 0.4) is 0 Å². The van der Waals surface area contributed by atoms with Crippen LogP contribution in [0.4, 0.5) is 0 Å². The first-order valence-corrected chi connectivity index (χ1v) is 9.48. The first-order valence-electron chi connectivity index (χ1n) is 9.48. The molecule has 2 heterocycles. The predicted octanol–water partition coefficient (Wildman–Crippen LogP) is 0.907. The second-order valence-electron chi connectivity index (χ2n) is 6.78. The third-order valence-electron chi connectivity index (χ3n) is 4.71. The molecule has 3 rings (SSSR count). The molecule has 154 valence electrons. The lowest BCUT2D eigenvalue weighted by Crippen LogP contribution is -2.45. The van der Waals surface area contributed by atoms with Crippen LogP contribution in [-0.2, 0) is 26.6 Å². The van der Waals surface area contributed by atoms with Gasteiger partial charge in [-0.2, -0.15) is 5.10 Å². The number of fused-ring (bicyclic) bond motifs is 1. The van der Waals surface area contributed by atoms with Crippen LogP contribution in [0.1, 0.15) is 23.9 Å². The summed E-state index contributed by atoms with van der Waals surface area (Å²) >= 11 is 0. The van der Waals surface area contributed by atoms with Crippen LogP contribution in [-0.4, -0.2) is 63.0 Å². The van der Waals surface area contributed by atoms with Gasteiger partial charge in [-0.15, -0.1) is 24.0 Å². The number of aliphatic hydroxyl groups is 1. The number of hydrogen-bond donors (Lipinski definition) is 3. The van der Waals surface area contributed by atoms with Crippen LogP contribution < -0.4 is 10.6 Å². The fourth-order valence-electron chi connectivity index (χ4n) is 3.24. The second kappa shape index (κ2) is 11.3. The lowest BCUT2D eigenvalue weighted by molar-refractivity contribution is 0.108. The summed E-state index contributed by atoms with van der Waals surface area (Å²) in [4.78, 5) is 11.0. The molecule has 0 saturated carbocycles. The molecule has 0 bridgehead atoms. The number of nitrogens with zero attached hydrogens (tertiary/aromatic N) is 5. The molecule has 9 heteroatoms. The summed E-state index contributed by atoms with van der Waals surface area (Å²) < 4.78 is 1.70. The third-order valence-corrected chi connectivity index (χ3v) is 4.71. The number of rotatable bonds is 7. The predicted molar refractivity (Wildman–Crippen MR) is 121 cm³/mol. The normalized spacial score (nSPS) is 15.5. The number of aromatic nitrogens is 3. The van der Waals surface area contributed by atoms with Gasteiger partial charge in [0.15, 0.2) is 5.96 Å². The zero-order valence-electron chi connectivity index (χ0n) is 16.5. The first-order chi connectivity index (χ1) is 13.2. The van der Waals surface area contributed by atoms with Crippen molar-refractivity contribution in [2.45, 2.75) is 32.5 Å². The number of β-amino-alcohol motifs (C(OH)–C–C–N with tert-alkyl or cyclic N) is 1. The molecule has 1 aliphatic heterocycles. The summed E-state index contributed by atoms with van der Waals surface area (Å²) in [6.45, 7) is 6.17. The van der Waals surface area contributed by atoms with E-state index >= 15 is 0 Å². The van der Waals surface area contributed by atoms with Crippen LogP contribution in [0.15, 0.2) is 35.6 Å². The van der Waals surface area contributed by atoms with Gasteiger partial charge in [0.2, 0.25) is 0 Å². The number of halogens is 1. The Morgan fingerprint density at radius 2 is 2.07 bits per heavy atom. The lowest BCUT2D eigenvalue weighted by atomic mass is 10.00. The van der Waals surface area contributed by atoms with Crippen LogP contribution in [0, 0.1) is 0 Å². The number of benzene rings is 1. The summed E-state index contributed by atoms with van der Waals surface area (Å²) in [5.74, 6) is 1.46. The maximum absolute atomic E-state index is 10.4. The molecule has 0 radical (unpaired) electrons. The van der Waals surface area contributed by atoms with Gasteiger partial charge >= 0.3 is 0 Å². The highest BCUT2D eigenvalue weighted by molar-refractivity contribution is 14.0. The Hall–Kier alpha value is -1.72. The van der Waals surface area contributed by atoms with Gasteiger partial charge in [-0.25, -0.2) is 9.98 Å². The van der Waals surface area contributed by atoms with E-state index < -0.39 is 6.10 Å². The third kappa shape index (κ3) is 6.42. The van der Waals surface area contributed by atoms with Crippen LogP contribution in [0.5, 0.6) is 0 Å². The van der Waals surface area contributed by atoms with E-state index in [-0.39, 0.29) is 24.0 Å². The number of guanidine groups is 1. The molecule has 3 N–H and O–H groups in total. The fraction of sp³-hybridized carbons (Fsp3) is 0.526. The molecule has 8 nitrogen and oxygen atoms in total. The van der Waals surface area contributed by atoms with Crippen molar-refractivity contribution in [3.05, 3.63) is 47.5 Å². The van der Waals surface area contributed by atoms with Crippen molar-refractivity contribution in [2.75, 3.05) is 26.2 Å². The zero-order chi connectivity index (χ0) is 19.1. The molecular formula is C19H30IN7O. The number of aliphatic imine (C=N–C) groups is 1. The van der Waals surface area contributed by atoms with Crippen LogP contribution in [0.2, 0.25) is 0 Å². The highest BCUT2D eigenvalue weighted by Crippen LogP contribution is 2.18. The molecule has 0 saturated heterocycles. The Morgan fingerprint density at radius 3 is 2.79 bits per heavy atom. The average molecular weight is 499 g/mol. The van der Waals surface area contributed by atoms with Crippen LogP contribution in [0.25, 0.3) is 0 Å². The SMILES string of the molecule is CCNC(=NCc1ncnn1C)NCC(O)CN1CCc2ccccc2C1.I. The number of aryl methyl sites for hydroxylation is 1. The Balaban J connectivity index is 0.00000280. The Kier molecular flexibility index (Phi) is 9.13. The fourth-order valence-corrected chi connectivity index (χ4v) is 3.24. The summed E-state index contributed by atoms with van der Waals surface area (Å²) in [6.07, 6.45) is 2.10. The number of nitrogens with one attached hydrogen (secondary N) is 2. The van der Waals surface area contributed by atoms with Gasteiger partial charge < -0.3 is 15.7 Å². The van der Waals surface area contributed by atoms with Crippen molar-refractivity contribution in [1.29, 1.82) is 0 Å². The summed E-state index contributed by atoms with van der Waals surface area (Å²) in [7, 11) is 1.85. The maximum atomic E-state index is 10.4.